The predicted molar refractivity (Wildman–Crippen MR) is 125 cm³/mol. The van der Waals surface area contributed by atoms with Gasteiger partial charge in [-0.25, -0.2) is 9.59 Å². The van der Waals surface area contributed by atoms with Gasteiger partial charge in [-0.3, -0.25) is 4.79 Å². The number of benzene rings is 2. The summed E-state index contributed by atoms with van der Waals surface area (Å²) in [6, 6.07) is 15.6. The summed E-state index contributed by atoms with van der Waals surface area (Å²) in [4.78, 5) is 37.7. The van der Waals surface area contributed by atoms with E-state index < -0.39 is 24.0 Å². The Morgan fingerprint density at radius 3 is 2.29 bits per heavy atom. The number of carbonyl (C=O) groups excluding carboxylic acids is 3. The molecule has 7 heteroatoms. The van der Waals surface area contributed by atoms with E-state index in [0.29, 0.717) is 11.3 Å². The summed E-state index contributed by atoms with van der Waals surface area (Å²) in [5, 5.41) is 0. The third-order valence-electron chi connectivity index (χ3n) is 5.58. The van der Waals surface area contributed by atoms with Gasteiger partial charge in [0.25, 0.3) is 0 Å². The topological polar surface area (TPSA) is 88.1 Å². The lowest BCUT2D eigenvalue weighted by atomic mass is 9.98. The van der Waals surface area contributed by atoms with E-state index in [-0.39, 0.29) is 24.7 Å². The van der Waals surface area contributed by atoms with Crippen molar-refractivity contribution in [1.82, 2.24) is 0 Å². The van der Waals surface area contributed by atoms with Crippen molar-refractivity contribution in [2.24, 2.45) is 0 Å². The molecule has 1 atom stereocenters. The maximum absolute atomic E-state index is 12.8. The molecule has 0 bridgehead atoms. The molecule has 1 saturated carbocycles. The predicted octanol–water partition coefficient (Wildman–Crippen LogP) is 4.85. The molecule has 34 heavy (non-hydrogen) atoms. The van der Waals surface area contributed by atoms with Crippen molar-refractivity contribution >= 4 is 17.9 Å². The van der Waals surface area contributed by atoms with Crippen LogP contribution in [-0.4, -0.2) is 31.1 Å². The van der Waals surface area contributed by atoms with Crippen LogP contribution in [0.4, 0.5) is 0 Å². The van der Waals surface area contributed by atoms with E-state index in [9.17, 15) is 14.4 Å². The Bertz CT molecular complexity index is 976. The fraction of sp³-hybridized carbons (Fsp3) is 0.370. The molecule has 0 N–H and O–H groups in total. The van der Waals surface area contributed by atoms with Gasteiger partial charge in [0.05, 0.1) is 13.5 Å². The molecule has 1 fully saturated rings. The highest BCUT2D eigenvalue weighted by Crippen LogP contribution is 2.24. The van der Waals surface area contributed by atoms with Crippen molar-refractivity contribution in [1.29, 1.82) is 0 Å². The van der Waals surface area contributed by atoms with Crippen LogP contribution >= 0.6 is 0 Å². The normalized spacial score (nSPS) is 14.5. The third kappa shape index (κ3) is 7.47. The minimum Gasteiger partial charge on any atom is -0.497 e. The molecule has 0 aliphatic heterocycles. The highest BCUT2D eigenvalue weighted by atomic mass is 16.6. The fourth-order valence-corrected chi connectivity index (χ4v) is 3.68. The first-order valence-corrected chi connectivity index (χ1v) is 11.4. The Kier molecular flexibility index (Phi) is 9.26. The summed E-state index contributed by atoms with van der Waals surface area (Å²) in [7, 11) is 1.57. The van der Waals surface area contributed by atoms with Crippen molar-refractivity contribution in [3.8, 4) is 5.75 Å². The Morgan fingerprint density at radius 2 is 1.65 bits per heavy atom. The minimum absolute atomic E-state index is 0.00161. The number of carbonyl (C=O) groups is 3. The molecule has 0 heterocycles. The zero-order chi connectivity index (χ0) is 24.3. The van der Waals surface area contributed by atoms with Gasteiger partial charge < -0.3 is 18.9 Å². The van der Waals surface area contributed by atoms with Gasteiger partial charge >= 0.3 is 17.9 Å². The monoisotopic (exact) mass is 466 g/mol. The number of methoxy groups -OCH3 is 1. The standard InChI is InChI=1S/C27H30O7/c1-19(17-24(28)33-23-11-7-4-8-12-23)26(29)34-25(21-9-5-3-6-10-21)27(30)32-18-20-13-15-22(31-2)16-14-20/h3,5-6,9-10,13-16,23,25H,1,4,7-8,11-12,17-18H2,2H3. The average molecular weight is 467 g/mol. The van der Waals surface area contributed by atoms with Gasteiger partial charge in [0.15, 0.2) is 0 Å². The summed E-state index contributed by atoms with van der Waals surface area (Å²) >= 11 is 0. The lowest BCUT2D eigenvalue weighted by molar-refractivity contribution is -0.167. The molecule has 1 aliphatic rings. The van der Waals surface area contributed by atoms with Crippen LogP contribution in [0.1, 0.15) is 55.8 Å². The summed E-state index contributed by atoms with van der Waals surface area (Å²) in [5.74, 6) is -1.41. The minimum atomic E-state index is -1.29. The lowest BCUT2D eigenvalue weighted by Gasteiger charge is -2.22. The summed E-state index contributed by atoms with van der Waals surface area (Å²) < 4.78 is 21.4. The fourth-order valence-electron chi connectivity index (χ4n) is 3.68. The molecular weight excluding hydrogens is 436 g/mol. The van der Waals surface area contributed by atoms with E-state index in [1.807, 2.05) is 0 Å². The Morgan fingerprint density at radius 1 is 0.971 bits per heavy atom. The van der Waals surface area contributed by atoms with Crippen LogP contribution in [0.15, 0.2) is 66.7 Å². The average Bonchev–Trinajstić information content (AvgIpc) is 2.87. The molecule has 0 amide bonds. The van der Waals surface area contributed by atoms with Crippen molar-refractivity contribution in [2.75, 3.05) is 7.11 Å². The Balaban J connectivity index is 1.59. The third-order valence-corrected chi connectivity index (χ3v) is 5.58. The van der Waals surface area contributed by atoms with Gasteiger partial charge in [-0.2, -0.15) is 0 Å². The second-order valence-electron chi connectivity index (χ2n) is 8.18. The van der Waals surface area contributed by atoms with Gasteiger partial charge in [0, 0.05) is 11.1 Å². The molecule has 2 aromatic rings. The molecule has 7 nitrogen and oxygen atoms in total. The van der Waals surface area contributed by atoms with Crippen molar-refractivity contribution in [3.05, 3.63) is 77.9 Å². The van der Waals surface area contributed by atoms with Crippen molar-refractivity contribution in [2.45, 2.75) is 57.3 Å². The maximum atomic E-state index is 12.8. The van der Waals surface area contributed by atoms with Crippen LogP contribution in [0, 0.1) is 0 Å². The number of hydrogen-bond acceptors (Lipinski definition) is 7. The molecule has 0 radical (unpaired) electrons. The van der Waals surface area contributed by atoms with Crippen LogP contribution in [-0.2, 0) is 35.2 Å². The second-order valence-corrected chi connectivity index (χ2v) is 8.18. The smallest absolute Gasteiger partial charge is 0.352 e. The first-order valence-electron chi connectivity index (χ1n) is 11.4. The van der Waals surface area contributed by atoms with Crippen LogP contribution < -0.4 is 4.74 Å². The molecule has 3 rings (SSSR count). The van der Waals surface area contributed by atoms with E-state index in [4.69, 9.17) is 18.9 Å². The lowest BCUT2D eigenvalue weighted by Crippen LogP contribution is -2.25. The van der Waals surface area contributed by atoms with E-state index in [0.717, 1.165) is 37.7 Å². The van der Waals surface area contributed by atoms with Crippen LogP contribution in [0.2, 0.25) is 0 Å². The van der Waals surface area contributed by atoms with Crippen molar-refractivity contribution in [3.63, 3.8) is 0 Å². The van der Waals surface area contributed by atoms with E-state index in [2.05, 4.69) is 6.58 Å². The first-order chi connectivity index (χ1) is 16.5. The second kappa shape index (κ2) is 12.6. The molecule has 0 aromatic heterocycles. The van der Waals surface area contributed by atoms with Crippen LogP contribution in [0.5, 0.6) is 5.75 Å². The molecule has 2 aromatic carbocycles. The van der Waals surface area contributed by atoms with Gasteiger partial charge in [-0.15, -0.1) is 0 Å². The zero-order valence-electron chi connectivity index (χ0n) is 19.4. The molecular formula is C27H30O7. The summed E-state index contributed by atoms with van der Waals surface area (Å²) in [6.45, 7) is 3.66. The van der Waals surface area contributed by atoms with Crippen LogP contribution in [0.25, 0.3) is 0 Å². The van der Waals surface area contributed by atoms with E-state index >= 15 is 0 Å². The highest BCUT2D eigenvalue weighted by Gasteiger charge is 2.29. The van der Waals surface area contributed by atoms with Gasteiger partial charge in [0.1, 0.15) is 18.5 Å². The van der Waals surface area contributed by atoms with Gasteiger partial charge in [-0.1, -0.05) is 55.5 Å². The number of rotatable bonds is 10. The van der Waals surface area contributed by atoms with Crippen molar-refractivity contribution < 1.29 is 33.3 Å². The van der Waals surface area contributed by atoms with Gasteiger partial charge in [-0.05, 0) is 43.4 Å². The Labute approximate surface area is 199 Å². The number of esters is 3. The molecule has 0 saturated heterocycles. The highest BCUT2D eigenvalue weighted by molar-refractivity contribution is 5.94. The summed E-state index contributed by atoms with van der Waals surface area (Å²) in [6.07, 6.45) is 3.15. The summed E-state index contributed by atoms with van der Waals surface area (Å²) in [5.41, 5.74) is 1.13. The first kappa shape index (κ1) is 25.0. The molecule has 0 spiro atoms. The Hall–Kier alpha value is -3.61. The maximum Gasteiger partial charge on any atom is 0.352 e. The zero-order valence-corrected chi connectivity index (χ0v) is 19.4. The number of ether oxygens (including phenoxy) is 4. The van der Waals surface area contributed by atoms with E-state index in [1.54, 1.807) is 61.7 Å². The molecule has 180 valence electrons. The SMILES string of the molecule is C=C(CC(=O)OC1CCCCC1)C(=O)OC(C(=O)OCc1ccc(OC)cc1)c1ccccc1. The molecule has 1 aliphatic carbocycles. The largest absolute Gasteiger partial charge is 0.497 e. The quantitative estimate of drug-likeness (QED) is 0.281. The van der Waals surface area contributed by atoms with Crippen LogP contribution in [0.3, 0.4) is 0 Å². The van der Waals surface area contributed by atoms with Gasteiger partial charge in [0.2, 0.25) is 6.10 Å². The number of hydrogen-bond donors (Lipinski definition) is 0. The van der Waals surface area contributed by atoms with E-state index in [1.165, 1.54) is 0 Å². The molecule has 1 unspecified atom stereocenters.